The number of aliphatic hydroxyl groups excluding tert-OH is 1. The average Bonchev–Trinajstić information content (AvgIpc) is 2.27. The van der Waals surface area contributed by atoms with E-state index in [-0.39, 0.29) is 6.61 Å². The molecule has 0 aliphatic carbocycles. The van der Waals surface area contributed by atoms with Crippen molar-refractivity contribution in [3.05, 3.63) is 33.8 Å². The fourth-order valence-electron chi connectivity index (χ4n) is 1.70. The zero-order valence-corrected chi connectivity index (χ0v) is 10.7. The summed E-state index contributed by atoms with van der Waals surface area (Å²) in [7, 11) is 1.55. The first-order valence-corrected chi connectivity index (χ1v) is 5.69. The van der Waals surface area contributed by atoms with Crippen LogP contribution in [-0.2, 0) is 6.61 Å². The van der Waals surface area contributed by atoms with E-state index >= 15 is 0 Å². The van der Waals surface area contributed by atoms with Crippen LogP contribution in [-0.4, -0.2) is 17.2 Å². The lowest BCUT2D eigenvalue weighted by Gasteiger charge is -2.09. The average molecular weight is 282 g/mol. The van der Waals surface area contributed by atoms with Crippen molar-refractivity contribution < 1.29 is 9.84 Å². The standard InChI is InChI=1S/C12H12BrNO2/c1-7-3-8-5-9(6-15)12(16-2)14-11(8)10(13)4-7/h3-5,15H,6H2,1-2H3. The van der Waals surface area contributed by atoms with Crippen LogP contribution in [0.25, 0.3) is 10.9 Å². The molecule has 1 N–H and O–H groups in total. The smallest absolute Gasteiger partial charge is 0.219 e. The molecule has 0 aliphatic rings. The number of rotatable bonds is 2. The summed E-state index contributed by atoms with van der Waals surface area (Å²) < 4.78 is 6.07. The number of fused-ring (bicyclic) bond motifs is 1. The van der Waals surface area contributed by atoms with Crippen LogP contribution in [0.15, 0.2) is 22.7 Å². The molecule has 0 fully saturated rings. The maximum absolute atomic E-state index is 9.22. The highest BCUT2D eigenvalue weighted by Gasteiger charge is 2.09. The molecule has 0 radical (unpaired) electrons. The summed E-state index contributed by atoms with van der Waals surface area (Å²) in [5.74, 6) is 0.472. The molecule has 2 aromatic rings. The molecular weight excluding hydrogens is 270 g/mol. The second-order valence-corrected chi connectivity index (χ2v) is 4.49. The molecule has 0 bridgehead atoms. The summed E-state index contributed by atoms with van der Waals surface area (Å²) in [6.07, 6.45) is 0. The van der Waals surface area contributed by atoms with Gasteiger partial charge in [0.2, 0.25) is 5.88 Å². The molecule has 0 spiro atoms. The molecular formula is C12H12BrNO2. The molecule has 0 atom stereocenters. The van der Waals surface area contributed by atoms with Gasteiger partial charge in [-0.05, 0) is 46.6 Å². The molecule has 0 saturated carbocycles. The van der Waals surface area contributed by atoms with Crippen LogP contribution in [0.4, 0.5) is 0 Å². The minimum atomic E-state index is -0.0718. The van der Waals surface area contributed by atoms with Crippen molar-refractivity contribution in [1.29, 1.82) is 0 Å². The van der Waals surface area contributed by atoms with E-state index in [1.165, 1.54) is 0 Å². The Bertz CT molecular complexity index is 540. The maximum Gasteiger partial charge on any atom is 0.219 e. The zero-order valence-electron chi connectivity index (χ0n) is 9.12. The highest BCUT2D eigenvalue weighted by atomic mass is 79.9. The predicted octanol–water partition coefficient (Wildman–Crippen LogP) is 2.81. The number of hydrogen-bond acceptors (Lipinski definition) is 3. The van der Waals surface area contributed by atoms with Gasteiger partial charge in [0.05, 0.1) is 19.2 Å². The van der Waals surface area contributed by atoms with E-state index < -0.39 is 0 Å². The molecule has 16 heavy (non-hydrogen) atoms. The first kappa shape index (κ1) is 11.4. The Morgan fingerprint density at radius 1 is 1.38 bits per heavy atom. The molecule has 4 heteroatoms. The highest BCUT2D eigenvalue weighted by molar-refractivity contribution is 9.10. The van der Waals surface area contributed by atoms with Crippen LogP contribution in [0.2, 0.25) is 0 Å². The van der Waals surface area contributed by atoms with Gasteiger partial charge in [-0.25, -0.2) is 4.98 Å². The fourth-order valence-corrected chi connectivity index (χ4v) is 2.38. The molecule has 2 rings (SSSR count). The van der Waals surface area contributed by atoms with Crippen molar-refractivity contribution in [2.24, 2.45) is 0 Å². The Morgan fingerprint density at radius 2 is 2.12 bits per heavy atom. The summed E-state index contributed by atoms with van der Waals surface area (Å²) >= 11 is 3.48. The van der Waals surface area contributed by atoms with Gasteiger partial charge in [-0.2, -0.15) is 0 Å². The second kappa shape index (κ2) is 4.39. The van der Waals surface area contributed by atoms with Crippen molar-refractivity contribution in [2.45, 2.75) is 13.5 Å². The number of hydrogen-bond donors (Lipinski definition) is 1. The van der Waals surface area contributed by atoms with Gasteiger partial charge in [0, 0.05) is 15.4 Å². The number of nitrogens with zero attached hydrogens (tertiary/aromatic N) is 1. The molecule has 0 saturated heterocycles. The number of aliphatic hydroxyl groups is 1. The normalized spacial score (nSPS) is 10.8. The topological polar surface area (TPSA) is 42.4 Å². The Labute approximate surface area is 102 Å². The van der Waals surface area contributed by atoms with Gasteiger partial charge in [-0.3, -0.25) is 0 Å². The maximum atomic E-state index is 9.22. The lowest BCUT2D eigenvalue weighted by molar-refractivity contribution is 0.272. The highest BCUT2D eigenvalue weighted by Crippen LogP contribution is 2.28. The van der Waals surface area contributed by atoms with E-state index in [0.717, 1.165) is 20.9 Å². The summed E-state index contributed by atoms with van der Waals surface area (Å²) in [6.45, 7) is 1.95. The number of benzene rings is 1. The Kier molecular flexibility index (Phi) is 3.12. The van der Waals surface area contributed by atoms with Gasteiger partial charge in [0.15, 0.2) is 0 Å². The SMILES string of the molecule is COc1nc2c(Br)cc(C)cc2cc1CO. The van der Waals surface area contributed by atoms with Crippen LogP contribution < -0.4 is 4.74 Å². The van der Waals surface area contributed by atoms with E-state index in [9.17, 15) is 5.11 Å². The lowest BCUT2D eigenvalue weighted by Crippen LogP contribution is -1.96. The lowest BCUT2D eigenvalue weighted by atomic mass is 10.1. The summed E-state index contributed by atoms with van der Waals surface area (Å²) in [5, 5.41) is 10.2. The first-order valence-electron chi connectivity index (χ1n) is 4.90. The van der Waals surface area contributed by atoms with Crippen LogP contribution in [0.5, 0.6) is 5.88 Å². The van der Waals surface area contributed by atoms with E-state index in [2.05, 4.69) is 20.9 Å². The van der Waals surface area contributed by atoms with Gasteiger partial charge < -0.3 is 9.84 Å². The Balaban J connectivity index is 2.78. The minimum absolute atomic E-state index is 0.0718. The van der Waals surface area contributed by atoms with Crippen LogP contribution in [0.3, 0.4) is 0 Å². The van der Waals surface area contributed by atoms with Crippen molar-refractivity contribution >= 4 is 26.8 Å². The number of aromatic nitrogens is 1. The monoisotopic (exact) mass is 281 g/mol. The largest absolute Gasteiger partial charge is 0.481 e. The first-order chi connectivity index (χ1) is 7.65. The Morgan fingerprint density at radius 3 is 2.75 bits per heavy atom. The van der Waals surface area contributed by atoms with E-state index in [4.69, 9.17) is 4.74 Å². The van der Waals surface area contributed by atoms with Crippen molar-refractivity contribution in [1.82, 2.24) is 4.98 Å². The van der Waals surface area contributed by atoms with Gasteiger partial charge >= 0.3 is 0 Å². The number of pyridine rings is 1. The second-order valence-electron chi connectivity index (χ2n) is 3.63. The van der Waals surface area contributed by atoms with Gasteiger partial charge in [0.25, 0.3) is 0 Å². The molecule has 1 aromatic carbocycles. The van der Waals surface area contributed by atoms with Crippen molar-refractivity contribution in [3.8, 4) is 5.88 Å². The third kappa shape index (κ3) is 1.90. The summed E-state index contributed by atoms with van der Waals surface area (Å²) in [4.78, 5) is 4.38. The van der Waals surface area contributed by atoms with Crippen molar-refractivity contribution in [3.63, 3.8) is 0 Å². The minimum Gasteiger partial charge on any atom is -0.481 e. The van der Waals surface area contributed by atoms with Gasteiger partial charge in [-0.1, -0.05) is 0 Å². The molecule has 1 heterocycles. The fraction of sp³-hybridized carbons (Fsp3) is 0.250. The van der Waals surface area contributed by atoms with E-state index in [0.29, 0.717) is 11.4 Å². The number of aryl methyl sites for hydroxylation is 1. The van der Waals surface area contributed by atoms with Crippen LogP contribution in [0.1, 0.15) is 11.1 Å². The summed E-state index contributed by atoms with van der Waals surface area (Å²) in [6, 6.07) is 5.94. The van der Waals surface area contributed by atoms with Gasteiger partial charge in [-0.15, -0.1) is 0 Å². The van der Waals surface area contributed by atoms with Gasteiger partial charge in [0.1, 0.15) is 0 Å². The Hall–Kier alpha value is -1.13. The van der Waals surface area contributed by atoms with E-state index in [1.54, 1.807) is 7.11 Å². The molecule has 0 aliphatic heterocycles. The molecule has 1 aromatic heterocycles. The summed E-state index contributed by atoms with van der Waals surface area (Å²) in [5.41, 5.74) is 2.70. The molecule has 3 nitrogen and oxygen atoms in total. The zero-order chi connectivity index (χ0) is 11.7. The molecule has 84 valence electrons. The molecule has 0 unspecified atom stereocenters. The number of ether oxygens (including phenoxy) is 1. The molecule has 0 amide bonds. The third-order valence-electron chi connectivity index (χ3n) is 2.42. The third-order valence-corrected chi connectivity index (χ3v) is 3.02. The van der Waals surface area contributed by atoms with E-state index in [1.807, 2.05) is 25.1 Å². The number of halogens is 1. The quantitative estimate of drug-likeness (QED) is 0.921. The predicted molar refractivity (Wildman–Crippen MR) is 66.7 cm³/mol. The number of methoxy groups -OCH3 is 1. The van der Waals surface area contributed by atoms with Crippen LogP contribution >= 0.6 is 15.9 Å². The van der Waals surface area contributed by atoms with Crippen molar-refractivity contribution in [2.75, 3.05) is 7.11 Å². The van der Waals surface area contributed by atoms with Crippen LogP contribution in [0, 0.1) is 6.92 Å².